The molecule has 6 atom stereocenters. The van der Waals surface area contributed by atoms with E-state index in [0.717, 1.165) is 31.5 Å². The highest BCUT2D eigenvalue weighted by molar-refractivity contribution is 5.70. The first kappa shape index (κ1) is 30.6. The topological polar surface area (TPSA) is 123 Å². The van der Waals surface area contributed by atoms with E-state index in [1.807, 2.05) is 39.0 Å². The third kappa shape index (κ3) is 10.3. The molecule has 2 rings (SSSR count). The number of aliphatic hydroxyl groups excluding tert-OH is 1. The number of amides is 1. The Kier molecular flexibility index (Phi) is 11.8. The van der Waals surface area contributed by atoms with Crippen LogP contribution < -0.4 is 0 Å². The number of allylic oxidation sites excluding steroid dienone is 2. The van der Waals surface area contributed by atoms with E-state index in [1.54, 1.807) is 24.0 Å². The largest absolute Gasteiger partial charge is 0.457 e. The van der Waals surface area contributed by atoms with Crippen LogP contribution in [0, 0.1) is 11.8 Å². The van der Waals surface area contributed by atoms with Crippen LogP contribution >= 0.6 is 0 Å². The Bertz CT molecular complexity index is 871. The second kappa shape index (κ2) is 14.3. The predicted octanol–water partition coefficient (Wildman–Crippen LogP) is 3.69. The van der Waals surface area contributed by atoms with Crippen LogP contribution in [0.5, 0.6) is 0 Å². The van der Waals surface area contributed by atoms with Gasteiger partial charge >= 0.3 is 18.0 Å². The number of aliphatic hydroxyl groups is 2. The van der Waals surface area contributed by atoms with E-state index in [0.29, 0.717) is 0 Å². The van der Waals surface area contributed by atoms with Gasteiger partial charge in [-0.15, -0.1) is 0 Å². The number of nitrogens with zero attached hydrogens (tertiary/aromatic N) is 1. The molecule has 9 heteroatoms. The van der Waals surface area contributed by atoms with Gasteiger partial charge in [-0.2, -0.15) is 0 Å². The molecule has 0 bridgehead atoms. The monoisotopic (exact) mass is 521 g/mol. The average Bonchev–Trinajstić information content (AvgIpc) is 3.36. The molecule has 0 aromatic rings. The van der Waals surface area contributed by atoms with Crippen LogP contribution in [0.25, 0.3) is 0 Å². The third-order valence-corrected chi connectivity index (χ3v) is 6.70. The third-order valence-electron chi connectivity index (χ3n) is 6.70. The number of ether oxygens (including phenoxy) is 3. The normalized spacial score (nSPS) is 31.7. The van der Waals surface area contributed by atoms with Crippen molar-refractivity contribution in [2.75, 3.05) is 19.7 Å². The van der Waals surface area contributed by atoms with Crippen molar-refractivity contribution in [3.05, 3.63) is 36.0 Å². The second-order valence-corrected chi connectivity index (χ2v) is 10.5. The lowest BCUT2D eigenvalue weighted by atomic mass is 9.88. The molecule has 1 saturated heterocycles. The quantitative estimate of drug-likeness (QED) is 0.235. The van der Waals surface area contributed by atoms with E-state index < -0.39 is 35.9 Å². The van der Waals surface area contributed by atoms with Gasteiger partial charge in [-0.1, -0.05) is 38.2 Å². The minimum absolute atomic E-state index is 0.00588. The highest BCUT2D eigenvalue weighted by atomic mass is 16.6. The van der Waals surface area contributed by atoms with Gasteiger partial charge in [0.2, 0.25) is 0 Å². The van der Waals surface area contributed by atoms with Crippen molar-refractivity contribution in [3.8, 4) is 0 Å². The first-order valence-electron chi connectivity index (χ1n) is 13.1. The standard InChI is InChI=1S/C28H43NO8/c1-19(18-35-27(33)29-15-6-7-16-29)9-8-10-20(2)26-21(3)11-12-24(36-22(4)30)28(5,34)14-13-23(31)17-25(32)37-26/h8-12,19,21,23-24,26,31,34H,6-7,13-18H2,1-5H3/b9-8+,12-11+,20-10+/t19-,21+,23-,24+,26-,28-/m1/s1. The van der Waals surface area contributed by atoms with Crippen molar-refractivity contribution in [2.45, 2.75) is 90.6 Å². The van der Waals surface area contributed by atoms with Crippen molar-refractivity contribution >= 4 is 18.0 Å². The molecule has 0 aromatic heterocycles. The number of esters is 2. The summed E-state index contributed by atoms with van der Waals surface area (Å²) in [5, 5.41) is 21.2. The number of carbonyl (C=O) groups is 3. The average molecular weight is 522 g/mol. The Morgan fingerprint density at radius 3 is 2.59 bits per heavy atom. The molecule has 0 saturated carbocycles. The van der Waals surface area contributed by atoms with Gasteiger partial charge in [0.1, 0.15) is 17.8 Å². The highest BCUT2D eigenvalue weighted by Crippen LogP contribution is 2.27. The number of hydrogen-bond acceptors (Lipinski definition) is 8. The molecule has 0 spiro atoms. The van der Waals surface area contributed by atoms with Crippen LogP contribution in [0.15, 0.2) is 36.0 Å². The summed E-state index contributed by atoms with van der Waals surface area (Å²) in [6, 6.07) is 0. The molecule has 0 unspecified atom stereocenters. The van der Waals surface area contributed by atoms with Gasteiger partial charge in [-0.05, 0) is 51.2 Å². The minimum Gasteiger partial charge on any atom is -0.457 e. The summed E-state index contributed by atoms with van der Waals surface area (Å²) in [4.78, 5) is 38.0. The first-order chi connectivity index (χ1) is 17.4. The van der Waals surface area contributed by atoms with E-state index in [2.05, 4.69) is 0 Å². The molecule has 0 radical (unpaired) electrons. The Morgan fingerprint density at radius 2 is 1.95 bits per heavy atom. The van der Waals surface area contributed by atoms with Crippen molar-refractivity contribution in [1.29, 1.82) is 0 Å². The highest BCUT2D eigenvalue weighted by Gasteiger charge is 2.35. The molecule has 1 fully saturated rings. The lowest BCUT2D eigenvalue weighted by molar-refractivity contribution is -0.157. The smallest absolute Gasteiger partial charge is 0.409 e. The number of hydrogen-bond donors (Lipinski definition) is 2. The predicted molar refractivity (Wildman–Crippen MR) is 138 cm³/mol. The van der Waals surface area contributed by atoms with Crippen molar-refractivity contribution in [2.24, 2.45) is 11.8 Å². The fraction of sp³-hybridized carbons (Fsp3) is 0.679. The summed E-state index contributed by atoms with van der Waals surface area (Å²) in [7, 11) is 0. The summed E-state index contributed by atoms with van der Waals surface area (Å²) in [5.41, 5.74) is -0.644. The van der Waals surface area contributed by atoms with Crippen LogP contribution in [0.2, 0.25) is 0 Å². The molecule has 208 valence electrons. The van der Waals surface area contributed by atoms with E-state index >= 15 is 0 Å². The molecule has 2 aliphatic heterocycles. The fourth-order valence-electron chi connectivity index (χ4n) is 4.37. The van der Waals surface area contributed by atoms with Gasteiger partial charge in [0.15, 0.2) is 0 Å². The molecule has 0 aliphatic carbocycles. The number of likely N-dealkylation sites (tertiary alicyclic amines) is 1. The van der Waals surface area contributed by atoms with Gasteiger partial charge in [0.05, 0.1) is 19.1 Å². The zero-order chi connectivity index (χ0) is 27.6. The van der Waals surface area contributed by atoms with Gasteiger partial charge in [0, 0.05) is 31.8 Å². The fourth-order valence-corrected chi connectivity index (χ4v) is 4.37. The maximum absolute atomic E-state index is 12.5. The van der Waals surface area contributed by atoms with Gasteiger partial charge in [-0.3, -0.25) is 9.59 Å². The molecule has 2 N–H and O–H groups in total. The van der Waals surface area contributed by atoms with Crippen molar-refractivity contribution < 1.29 is 38.8 Å². The van der Waals surface area contributed by atoms with Crippen LogP contribution in [0.3, 0.4) is 0 Å². The van der Waals surface area contributed by atoms with Gasteiger partial charge in [0.25, 0.3) is 0 Å². The van der Waals surface area contributed by atoms with Crippen molar-refractivity contribution in [1.82, 2.24) is 4.90 Å². The Morgan fingerprint density at radius 1 is 1.27 bits per heavy atom. The lowest BCUT2D eigenvalue weighted by Crippen LogP contribution is -2.42. The lowest BCUT2D eigenvalue weighted by Gasteiger charge is -2.32. The second-order valence-electron chi connectivity index (χ2n) is 10.5. The number of carbonyl (C=O) groups excluding carboxylic acids is 3. The summed E-state index contributed by atoms with van der Waals surface area (Å²) in [5.74, 6) is -1.38. The Balaban J connectivity index is 2.12. The molecular formula is C28H43NO8. The molecular weight excluding hydrogens is 478 g/mol. The zero-order valence-corrected chi connectivity index (χ0v) is 22.7. The number of rotatable bonds is 6. The maximum Gasteiger partial charge on any atom is 0.409 e. The van der Waals surface area contributed by atoms with Gasteiger partial charge < -0.3 is 29.3 Å². The molecule has 37 heavy (non-hydrogen) atoms. The molecule has 1 amide bonds. The first-order valence-corrected chi connectivity index (χ1v) is 13.1. The van der Waals surface area contributed by atoms with E-state index in [1.165, 1.54) is 6.92 Å². The number of cyclic esters (lactones) is 1. The Hall–Kier alpha value is -2.65. The molecule has 9 nitrogen and oxygen atoms in total. The van der Waals surface area contributed by atoms with Crippen LogP contribution in [-0.2, 0) is 23.8 Å². The van der Waals surface area contributed by atoms with Crippen LogP contribution in [0.1, 0.15) is 66.7 Å². The van der Waals surface area contributed by atoms with Crippen LogP contribution in [-0.4, -0.2) is 76.8 Å². The summed E-state index contributed by atoms with van der Waals surface area (Å²) in [6.45, 7) is 10.2. The van der Waals surface area contributed by atoms with Crippen molar-refractivity contribution in [3.63, 3.8) is 0 Å². The summed E-state index contributed by atoms with van der Waals surface area (Å²) >= 11 is 0. The SMILES string of the molecule is CC(=O)O[C@H]1/C=C/[C@H](C)[C@@H](/C(C)=C/C=C/[C@@H](C)COC(=O)N2CCCC2)OC(=O)C[C@H](O)CC[C@@]1(C)O. The van der Waals surface area contributed by atoms with E-state index in [9.17, 15) is 24.6 Å². The maximum atomic E-state index is 12.5. The zero-order valence-electron chi connectivity index (χ0n) is 22.7. The summed E-state index contributed by atoms with van der Waals surface area (Å²) in [6.07, 6.45) is 8.24. The summed E-state index contributed by atoms with van der Waals surface area (Å²) < 4.78 is 16.5. The molecule has 2 heterocycles. The van der Waals surface area contributed by atoms with E-state index in [4.69, 9.17) is 14.2 Å². The van der Waals surface area contributed by atoms with E-state index in [-0.39, 0.29) is 43.8 Å². The van der Waals surface area contributed by atoms with Gasteiger partial charge in [-0.25, -0.2) is 4.79 Å². The molecule has 2 aliphatic rings. The minimum atomic E-state index is -1.41. The Labute approximate surface area is 220 Å². The molecule has 0 aromatic carbocycles. The van der Waals surface area contributed by atoms with Crippen LogP contribution in [0.4, 0.5) is 4.79 Å².